The molecule has 0 N–H and O–H groups in total. The zero-order chi connectivity index (χ0) is 23.7. The molecule has 3 heterocycles. The first-order chi connectivity index (χ1) is 16.6. The fourth-order valence-corrected chi connectivity index (χ4v) is 5.18. The van der Waals surface area contributed by atoms with Gasteiger partial charge in [0, 0.05) is 49.4 Å². The lowest BCUT2D eigenvalue weighted by Gasteiger charge is -2.36. The number of hydrogen-bond donors (Lipinski definition) is 0. The lowest BCUT2D eigenvalue weighted by molar-refractivity contribution is -0.126. The lowest BCUT2D eigenvalue weighted by atomic mass is 10.0. The van der Waals surface area contributed by atoms with Gasteiger partial charge in [0.25, 0.3) is 0 Å². The van der Waals surface area contributed by atoms with Crippen molar-refractivity contribution in [2.75, 3.05) is 49.6 Å². The summed E-state index contributed by atoms with van der Waals surface area (Å²) < 4.78 is 5.51. The van der Waals surface area contributed by atoms with Crippen molar-refractivity contribution in [3.05, 3.63) is 65.9 Å². The van der Waals surface area contributed by atoms with Crippen LogP contribution in [0, 0.1) is 6.92 Å². The molecule has 0 saturated carbocycles. The minimum atomic E-state index is -0.0141. The summed E-state index contributed by atoms with van der Waals surface area (Å²) in [4.78, 5) is 28.1. The summed E-state index contributed by atoms with van der Waals surface area (Å²) in [5.41, 5.74) is 4.75. The Morgan fingerprint density at radius 2 is 1.79 bits per heavy atom. The van der Waals surface area contributed by atoms with Gasteiger partial charge in [0.15, 0.2) is 0 Å². The normalized spacial score (nSPS) is 16.2. The van der Waals surface area contributed by atoms with Crippen molar-refractivity contribution in [1.82, 2.24) is 14.9 Å². The molecule has 176 valence electrons. The number of rotatable bonds is 4. The van der Waals surface area contributed by atoms with Gasteiger partial charge in [0.1, 0.15) is 5.82 Å². The summed E-state index contributed by atoms with van der Waals surface area (Å²) in [5.74, 6) is 0.934. The first-order valence-corrected chi connectivity index (χ1v) is 11.9. The minimum Gasteiger partial charge on any atom is -0.467 e. The van der Waals surface area contributed by atoms with Gasteiger partial charge in [-0.25, -0.2) is 0 Å². The Morgan fingerprint density at radius 3 is 2.53 bits per heavy atom. The van der Waals surface area contributed by atoms with E-state index in [4.69, 9.17) is 14.7 Å². The quantitative estimate of drug-likeness (QED) is 0.557. The Morgan fingerprint density at radius 1 is 1.03 bits per heavy atom. The molecular weight excluding hydrogens is 426 g/mol. The van der Waals surface area contributed by atoms with E-state index in [1.54, 1.807) is 7.11 Å². The largest absolute Gasteiger partial charge is 0.467 e. The van der Waals surface area contributed by atoms with Crippen LogP contribution in [0.2, 0.25) is 0 Å². The number of carbonyl (C=O) groups is 1. The van der Waals surface area contributed by atoms with E-state index < -0.39 is 0 Å². The highest BCUT2D eigenvalue weighted by Gasteiger charge is 2.27. The Bertz CT molecular complexity index is 1230. The zero-order valence-corrected chi connectivity index (χ0v) is 20.0. The Labute approximate surface area is 200 Å². The van der Waals surface area contributed by atoms with E-state index in [0.29, 0.717) is 25.6 Å². The lowest BCUT2D eigenvalue weighted by Crippen LogP contribution is -2.49. The number of anilines is 2. The molecule has 1 fully saturated rings. The van der Waals surface area contributed by atoms with Crippen molar-refractivity contribution in [3.8, 4) is 6.01 Å². The summed E-state index contributed by atoms with van der Waals surface area (Å²) in [7, 11) is 1.62. The van der Waals surface area contributed by atoms with Gasteiger partial charge < -0.3 is 19.4 Å². The molecule has 3 aromatic rings. The van der Waals surface area contributed by atoms with Gasteiger partial charge in [-0.3, -0.25) is 4.79 Å². The van der Waals surface area contributed by atoms with E-state index in [9.17, 15) is 4.79 Å². The molecule has 1 saturated heterocycles. The van der Waals surface area contributed by atoms with Crippen molar-refractivity contribution in [1.29, 1.82) is 0 Å². The Kier molecular flexibility index (Phi) is 6.09. The fraction of sp³-hybridized carbons (Fsp3) is 0.370. The van der Waals surface area contributed by atoms with E-state index in [1.165, 1.54) is 33.7 Å². The van der Waals surface area contributed by atoms with Crippen molar-refractivity contribution in [3.63, 3.8) is 0 Å². The predicted molar refractivity (Wildman–Crippen MR) is 136 cm³/mol. The second-order valence-corrected chi connectivity index (χ2v) is 8.95. The molecule has 2 aromatic carbocycles. The molecule has 0 radical (unpaired) electrons. The van der Waals surface area contributed by atoms with Gasteiger partial charge in [-0.2, -0.15) is 9.97 Å². The fourth-order valence-electron chi connectivity index (χ4n) is 5.18. The summed E-state index contributed by atoms with van der Waals surface area (Å²) in [6.45, 7) is 10.2. The van der Waals surface area contributed by atoms with Crippen LogP contribution in [0.4, 0.5) is 11.5 Å². The molecule has 0 bridgehead atoms. The first-order valence-electron chi connectivity index (χ1n) is 11.9. The van der Waals surface area contributed by atoms with Crippen LogP contribution in [-0.2, 0) is 17.8 Å². The van der Waals surface area contributed by atoms with Crippen LogP contribution in [0.3, 0.4) is 0 Å². The van der Waals surface area contributed by atoms with Gasteiger partial charge in [-0.1, -0.05) is 36.9 Å². The van der Waals surface area contributed by atoms with Crippen LogP contribution in [0.5, 0.6) is 6.01 Å². The average Bonchev–Trinajstić information content (AvgIpc) is 3.10. The highest BCUT2D eigenvalue weighted by molar-refractivity contribution is 5.97. The van der Waals surface area contributed by atoms with Gasteiger partial charge in [-0.05, 0) is 42.9 Å². The summed E-state index contributed by atoms with van der Waals surface area (Å²) in [6.07, 6.45) is 3.33. The molecule has 7 nitrogen and oxygen atoms in total. The number of fused-ring (bicyclic) bond motifs is 2. The predicted octanol–water partition coefficient (Wildman–Crippen LogP) is 3.73. The molecule has 2 aliphatic rings. The molecule has 1 amide bonds. The molecule has 7 heteroatoms. The molecule has 2 aliphatic heterocycles. The molecule has 34 heavy (non-hydrogen) atoms. The number of carbonyl (C=O) groups excluding carboxylic acids is 1. The summed E-state index contributed by atoms with van der Waals surface area (Å²) in [5, 5.41) is 2.56. The van der Waals surface area contributed by atoms with E-state index in [0.717, 1.165) is 44.0 Å². The van der Waals surface area contributed by atoms with Gasteiger partial charge >= 0.3 is 6.01 Å². The van der Waals surface area contributed by atoms with Gasteiger partial charge in [0.2, 0.25) is 5.91 Å². The van der Waals surface area contributed by atoms with Crippen molar-refractivity contribution in [2.45, 2.75) is 26.3 Å². The van der Waals surface area contributed by atoms with Crippen LogP contribution in [0.25, 0.3) is 10.8 Å². The van der Waals surface area contributed by atoms with Crippen molar-refractivity contribution >= 4 is 28.2 Å². The van der Waals surface area contributed by atoms with Crippen molar-refractivity contribution in [2.24, 2.45) is 0 Å². The molecule has 0 unspecified atom stereocenters. The van der Waals surface area contributed by atoms with Gasteiger partial charge in [-0.15, -0.1) is 0 Å². The third kappa shape index (κ3) is 4.06. The number of nitrogens with zero attached hydrogens (tertiary/aromatic N) is 5. The molecule has 0 aliphatic carbocycles. The highest BCUT2D eigenvalue weighted by Crippen LogP contribution is 2.34. The third-order valence-electron chi connectivity index (χ3n) is 6.93. The Balaban J connectivity index is 1.49. The third-order valence-corrected chi connectivity index (χ3v) is 6.93. The number of hydrogen-bond acceptors (Lipinski definition) is 6. The molecule has 0 spiro atoms. The number of methoxy groups -OCH3 is 1. The zero-order valence-electron chi connectivity index (χ0n) is 20.0. The van der Waals surface area contributed by atoms with E-state index in [2.05, 4.69) is 59.7 Å². The van der Waals surface area contributed by atoms with Crippen LogP contribution in [-0.4, -0.2) is 60.6 Å². The monoisotopic (exact) mass is 457 g/mol. The molecule has 5 rings (SSSR count). The smallest absolute Gasteiger partial charge is 0.318 e. The first kappa shape index (κ1) is 22.2. The van der Waals surface area contributed by atoms with Crippen LogP contribution in [0.15, 0.2) is 49.1 Å². The van der Waals surface area contributed by atoms with E-state index in [-0.39, 0.29) is 5.91 Å². The average molecular weight is 458 g/mol. The van der Waals surface area contributed by atoms with Crippen molar-refractivity contribution < 1.29 is 9.53 Å². The molecular formula is C27H31N5O2. The number of benzene rings is 2. The second-order valence-electron chi connectivity index (χ2n) is 8.95. The maximum Gasteiger partial charge on any atom is 0.318 e. The minimum absolute atomic E-state index is 0.0141. The highest BCUT2D eigenvalue weighted by atomic mass is 16.5. The number of aryl methyl sites for hydroxylation is 1. The van der Waals surface area contributed by atoms with Gasteiger partial charge in [0.05, 0.1) is 19.3 Å². The maximum absolute atomic E-state index is 12.0. The van der Waals surface area contributed by atoms with Crippen LogP contribution >= 0.6 is 0 Å². The Hall–Kier alpha value is -3.61. The summed E-state index contributed by atoms with van der Waals surface area (Å²) >= 11 is 0. The number of ether oxygens (including phenoxy) is 1. The second kappa shape index (κ2) is 9.33. The number of aromatic nitrogens is 2. The van der Waals surface area contributed by atoms with Crippen LogP contribution < -0.4 is 14.5 Å². The van der Waals surface area contributed by atoms with E-state index in [1.807, 2.05) is 4.90 Å². The summed E-state index contributed by atoms with van der Waals surface area (Å²) in [6, 6.07) is 13.4. The topological polar surface area (TPSA) is 61.8 Å². The standard InChI is InChI=1S/C27H31N5O2/c1-4-24(33)30-14-16-31(17-15-30)26-21-11-7-13-32(18-22(21)28-27(29-26)34-3)23-12-6-10-20-9-5-8-19(2)25(20)23/h4-6,8-10,12H,1,7,11,13-18H2,2-3H3. The van der Waals surface area contributed by atoms with Crippen LogP contribution in [0.1, 0.15) is 23.2 Å². The number of amides is 1. The molecule has 1 aromatic heterocycles. The number of piperazine rings is 1. The van der Waals surface area contributed by atoms with E-state index >= 15 is 0 Å². The maximum atomic E-state index is 12.0. The molecule has 0 atom stereocenters. The SMILES string of the molecule is C=CC(=O)N1CCN(c2nc(OC)nc3c2CCCN(c2cccc4cccc(C)c24)C3)CC1.